The first kappa shape index (κ1) is 21.2. The summed E-state index contributed by atoms with van der Waals surface area (Å²) >= 11 is 13.3. The molecule has 2 amide bonds. The highest BCUT2D eigenvalue weighted by Crippen LogP contribution is 2.25. The van der Waals surface area contributed by atoms with Crippen molar-refractivity contribution in [3.8, 4) is 0 Å². The third-order valence-corrected chi connectivity index (χ3v) is 5.59. The van der Waals surface area contributed by atoms with Crippen molar-refractivity contribution in [1.29, 1.82) is 0 Å². The Morgan fingerprint density at radius 3 is 2.55 bits per heavy atom. The molecule has 3 aromatic rings. The third kappa shape index (κ3) is 5.96. The Morgan fingerprint density at radius 2 is 1.90 bits per heavy atom. The summed E-state index contributed by atoms with van der Waals surface area (Å²) in [5.74, 6) is 0.119. The summed E-state index contributed by atoms with van der Waals surface area (Å²) in [6.07, 6.45) is 1.46. The van der Waals surface area contributed by atoms with Crippen LogP contribution in [0.1, 0.15) is 15.9 Å². The highest BCUT2D eigenvalue weighted by atomic mass is 35.5. The monoisotopic (exact) mass is 449 g/mol. The molecule has 2 aromatic carbocycles. The van der Waals surface area contributed by atoms with Crippen molar-refractivity contribution in [2.75, 3.05) is 18.9 Å². The number of aromatic amines is 1. The van der Waals surface area contributed by atoms with Crippen molar-refractivity contribution in [3.05, 3.63) is 70.0 Å². The van der Waals surface area contributed by atoms with E-state index in [1.807, 2.05) is 12.1 Å². The smallest absolute Gasteiger partial charge is 0.254 e. The molecule has 0 spiro atoms. The van der Waals surface area contributed by atoms with Crippen LogP contribution in [0.3, 0.4) is 0 Å². The molecule has 0 saturated heterocycles. The van der Waals surface area contributed by atoms with E-state index in [1.54, 1.807) is 37.4 Å². The Morgan fingerprint density at radius 1 is 1.14 bits per heavy atom. The molecule has 29 heavy (non-hydrogen) atoms. The predicted molar refractivity (Wildman–Crippen MR) is 114 cm³/mol. The lowest BCUT2D eigenvalue weighted by molar-refractivity contribution is -0.116. The fourth-order valence-electron chi connectivity index (χ4n) is 2.44. The van der Waals surface area contributed by atoms with Crippen LogP contribution in [-0.4, -0.2) is 45.5 Å². The van der Waals surface area contributed by atoms with E-state index in [0.717, 1.165) is 10.7 Å². The van der Waals surface area contributed by atoms with Crippen LogP contribution in [-0.2, 0) is 10.5 Å². The number of anilines is 1. The van der Waals surface area contributed by atoms with Crippen LogP contribution in [0, 0.1) is 0 Å². The summed E-state index contributed by atoms with van der Waals surface area (Å²) in [7, 11) is 1.57. The third-order valence-electron chi connectivity index (χ3n) is 3.90. The largest absolute Gasteiger partial charge is 0.332 e. The summed E-state index contributed by atoms with van der Waals surface area (Å²) in [4.78, 5) is 30.2. The number of hydrogen-bond acceptors (Lipinski definition) is 5. The molecule has 1 heterocycles. The van der Waals surface area contributed by atoms with E-state index in [1.165, 1.54) is 23.0 Å². The molecule has 0 aliphatic rings. The number of aromatic nitrogens is 3. The molecular weight excluding hydrogens is 433 g/mol. The first-order chi connectivity index (χ1) is 13.9. The SMILES string of the molecule is CN(CC(=O)Nc1ccc(Cl)c(Cl)c1)C(=O)c1ccc(CSc2ncn[nH]2)cc1. The molecule has 0 saturated carbocycles. The van der Waals surface area contributed by atoms with E-state index in [4.69, 9.17) is 23.2 Å². The second kappa shape index (κ2) is 9.78. The number of likely N-dealkylation sites (N-methyl/N-ethyl adjacent to an activating group) is 1. The fourth-order valence-corrected chi connectivity index (χ4v) is 3.47. The van der Waals surface area contributed by atoms with Gasteiger partial charge >= 0.3 is 0 Å². The zero-order valence-electron chi connectivity index (χ0n) is 15.4. The Balaban J connectivity index is 1.53. The van der Waals surface area contributed by atoms with Gasteiger partial charge in [0, 0.05) is 24.1 Å². The average molecular weight is 450 g/mol. The quantitative estimate of drug-likeness (QED) is 0.529. The lowest BCUT2D eigenvalue weighted by atomic mass is 10.1. The Kier molecular flexibility index (Phi) is 7.13. The predicted octanol–water partition coefficient (Wildman–Crippen LogP) is 4.11. The van der Waals surface area contributed by atoms with Crippen molar-refractivity contribution in [3.63, 3.8) is 0 Å². The van der Waals surface area contributed by atoms with E-state index in [9.17, 15) is 9.59 Å². The lowest BCUT2D eigenvalue weighted by Crippen LogP contribution is -2.34. The number of carbonyl (C=O) groups excluding carboxylic acids is 2. The van der Waals surface area contributed by atoms with E-state index >= 15 is 0 Å². The first-order valence-electron chi connectivity index (χ1n) is 8.50. The number of benzene rings is 2. The summed E-state index contributed by atoms with van der Waals surface area (Å²) < 4.78 is 0. The highest BCUT2D eigenvalue weighted by Gasteiger charge is 2.15. The molecule has 150 valence electrons. The van der Waals surface area contributed by atoms with Crippen LogP contribution < -0.4 is 5.32 Å². The van der Waals surface area contributed by atoms with Crippen molar-refractivity contribution in [2.24, 2.45) is 0 Å². The second-order valence-electron chi connectivity index (χ2n) is 6.11. The van der Waals surface area contributed by atoms with Gasteiger partial charge in [-0.2, -0.15) is 5.10 Å². The lowest BCUT2D eigenvalue weighted by Gasteiger charge is -2.17. The summed E-state index contributed by atoms with van der Waals surface area (Å²) in [6.45, 7) is -0.0951. The Bertz CT molecular complexity index is 996. The van der Waals surface area contributed by atoms with Gasteiger partial charge in [0.2, 0.25) is 5.91 Å². The molecule has 3 rings (SSSR count). The summed E-state index contributed by atoms with van der Waals surface area (Å²) in [5.41, 5.74) is 2.06. The molecule has 0 unspecified atom stereocenters. The molecular formula is C19H17Cl2N5O2S. The van der Waals surface area contributed by atoms with Crippen LogP contribution >= 0.6 is 35.0 Å². The van der Waals surface area contributed by atoms with E-state index in [2.05, 4.69) is 20.5 Å². The van der Waals surface area contributed by atoms with Crippen LogP contribution in [0.4, 0.5) is 5.69 Å². The van der Waals surface area contributed by atoms with Gasteiger partial charge < -0.3 is 10.2 Å². The second-order valence-corrected chi connectivity index (χ2v) is 7.89. The molecule has 0 radical (unpaired) electrons. The number of hydrogen-bond donors (Lipinski definition) is 2. The van der Waals surface area contributed by atoms with Gasteiger partial charge in [-0.25, -0.2) is 4.98 Å². The summed E-state index contributed by atoms with van der Waals surface area (Å²) in [6, 6.07) is 12.0. The van der Waals surface area contributed by atoms with Crippen LogP contribution in [0.5, 0.6) is 0 Å². The van der Waals surface area contributed by atoms with Gasteiger partial charge in [-0.3, -0.25) is 14.7 Å². The zero-order chi connectivity index (χ0) is 20.8. The van der Waals surface area contributed by atoms with E-state index in [0.29, 0.717) is 27.0 Å². The van der Waals surface area contributed by atoms with Crippen molar-refractivity contribution < 1.29 is 9.59 Å². The number of carbonyl (C=O) groups is 2. The number of H-pyrrole nitrogens is 1. The van der Waals surface area contributed by atoms with E-state index < -0.39 is 0 Å². The maximum atomic E-state index is 12.6. The maximum Gasteiger partial charge on any atom is 0.254 e. The van der Waals surface area contributed by atoms with Crippen molar-refractivity contribution in [2.45, 2.75) is 10.9 Å². The minimum absolute atomic E-state index is 0.0951. The van der Waals surface area contributed by atoms with Gasteiger partial charge in [-0.15, -0.1) is 0 Å². The summed E-state index contributed by atoms with van der Waals surface area (Å²) in [5, 5.41) is 10.8. The Labute approximate surface area is 181 Å². The van der Waals surface area contributed by atoms with Crippen LogP contribution in [0.15, 0.2) is 53.9 Å². The Hall–Kier alpha value is -2.55. The molecule has 10 heteroatoms. The molecule has 0 fully saturated rings. The standard InChI is InChI=1S/C19H17Cl2N5O2S/c1-26(9-17(27)24-14-6-7-15(20)16(21)8-14)18(28)13-4-2-12(3-5-13)10-29-19-22-11-23-25-19/h2-8,11H,9-10H2,1H3,(H,24,27)(H,22,23,25). The highest BCUT2D eigenvalue weighted by molar-refractivity contribution is 7.98. The average Bonchev–Trinajstić information content (AvgIpc) is 3.22. The van der Waals surface area contributed by atoms with Crippen molar-refractivity contribution in [1.82, 2.24) is 20.1 Å². The van der Waals surface area contributed by atoms with Gasteiger partial charge in [-0.1, -0.05) is 47.1 Å². The van der Waals surface area contributed by atoms with Gasteiger partial charge in [0.1, 0.15) is 6.33 Å². The van der Waals surface area contributed by atoms with Gasteiger partial charge in [0.25, 0.3) is 5.91 Å². The number of nitrogens with one attached hydrogen (secondary N) is 2. The van der Waals surface area contributed by atoms with Crippen LogP contribution in [0.25, 0.3) is 0 Å². The molecule has 1 aromatic heterocycles. The molecule has 7 nitrogen and oxygen atoms in total. The minimum atomic E-state index is -0.334. The molecule has 0 aliphatic carbocycles. The normalized spacial score (nSPS) is 10.6. The number of halogens is 2. The first-order valence-corrected chi connectivity index (χ1v) is 10.2. The molecule has 0 aliphatic heterocycles. The number of rotatable bonds is 7. The number of amides is 2. The molecule has 0 atom stereocenters. The van der Waals surface area contributed by atoms with Gasteiger partial charge in [-0.05, 0) is 35.9 Å². The van der Waals surface area contributed by atoms with Crippen molar-refractivity contribution >= 4 is 52.5 Å². The number of nitrogens with zero attached hydrogens (tertiary/aromatic N) is 3. The number of thioether (sulfide) groups is 1. The minimum Gasteiger partial charge on any atom is -0.332 e. The zero-order valence-corrected chi connectivity index (χ0v) is 17.7. The van der Waals surface area contributed by atoms with Gasteiger partial charge in [0.05, 0.1) is 16.6 Å². The van der Waals surface area contributed by atoms with Crippen LogP contribution in [0.2, 0.25) is 10.0 Å². The molecule has 0 bridgehead atoms. The van der Waals surface area contributed by atoms with Gasteiger partial charge in [0.15, 0.2) is 5.16 Å². The molecule has 2 N–H and O–H groups in total. The maximum absolute atomic E-state index is 12.6. The van der Waals surface area contributed by atoms with E-state index in [-0.39, 0.29) is 18.4 Å². The topological polar surface area (TPSA) is 91.0 Å². The fraction of sp³-hybridized carbons (Fsp3) is 0.158.